The number of esters is 1. The van der Waals surface area contributed by atoms with E-state index in [2.05, 4.69) is 42.4 Å². The van der Waals surface area contributed by atoms with Crippen molar-refractivity contribution < 1.29 is 19.0 Å². The van der Waals surface area contributed by atoms with Gasteiger partial charge < -0.3 is 24.4 Å². The SMILES string of the molecule is Cc1cc2c(cc1Nc1ccccc1)C1(OC(=O)c3ccccc31)c1ccc(N(C)CC3CCCO3)cc1O2. The number of carbonyl (C=O) groups is 1. The highest BCUT2D eigenvalue weighted by atomic mass is 16.6. The summed E-state index contributed by atoms with van der Waals surface area (Å²) < 4.78 is 18.8. The quantitative estimate of drug-likeness (QED) is 0.289. The van der Waals surface area contributed by atoms with Gasteiger partial charge in [-0.3, -0.25) is 0 Å². The molecule has 0 aliphatic carbocycles. The fourth-order valence-corrected chi connectivity index (χ4v) is 6.06. The van der Waals surface area contributed by atoms with Gasteiger partial charge in [0.25, 0.3) is 0 Å². The van der Waals surface area contributed by atoms with E-state index in [0.29, 0.717) is 17.1 Å². The normalized spacial score (nSPS) is 20.6. The molecule has 196 valence electrons. The predicted octanol–water partition coefficient (Wildman–Crippen LogP) is 6.92. The Bertz CT molecular complexity index is 1580. The number of hydrogen-bond acceptors (Lipinski definition) is 6. The van der Waals surface area contributed by atoms with Gasteiger partial charge in [0.1, 0.15) is 11.5 Å². The van der Waals surface area contributed by atoms with Gasteiger partial charge in [0.2, 0.25) is 0 Å². The summed E-state index contributed by atoms with van der Waals surface area (Å²) in [6.45, 7) is 3.69. The van der Waals surface area contributed by atoms with Crippen LogP contribution in [0.25, 0.3) is 0 Å². The highest BCUT2D eigenvalue weighted by Crippen LogP contribution is 2.57. The fourth-order valence-electron chi connectivity index (χ4n) is 6.06. The van der Waals surface area contributed by atoms with Gasteiger partial charge in [-0.2, -0.15) is 0 Å². The molecule has 2 unspecified atom stereocenters. The zero-order valence-corrected chi connectivity index (χ0v) is 22.1. The summed E-state index contributed by atoms with van der Waals surface area (Å²) in [4.78, 5) is 15.5. The summed E-state index contributed by atoms with van der Waals surface area (Å²) in [5.74, 6) is 1.04. The first-order valence-corrected chi connectivity index (χ1v) is 13.5. The van der Waals surface area contributed by atoms with Gasteiger partial charge in [0, 0.05) is 60.0 Å². The Morgan fingerprint density at radius 3 is 2.54 bits per heavy atom. The minimum atomic E-state index is -1.11. The number of hydrogen-bond donors (Lipinski definition) is 1. The van der Waals surface area contributed by atoms with E-state index >= 15 is 0 Å². The third kappa shape index (κ3) is 3.86. The highest BCUT2D eigenvalue weighted by molar-refractivity contribution is 5.97. The summed E-state index contributed by atoms with van der Waals surface area (Å²) in [7, 11) is 2.08. The zero-order chi connectivity index (χ0) is 26.6. The van der Waals surface area contributed by atoms with Gasteiger partial charge in [-0.25, -0.2) is 4.79 Å². The molecule has 1 spiro atoms. The first kappa shape index (κ1) is 23.8. The molecule has 4 aromatic carbocycles. The third-order valence-electron chi connectivity index (χ3n) is 8.04. The summed E-state index contributed by atoms with van der Waals surface area (Å²) >= 11 is 0. The topological polar surface area (TPSA) is 60.0 Å². The molecule has 4 aromatic rings. The smallest absolute Gasteiger partial charge is 0.340 e. The Morgan fingerprint density at radius 1 is 0.923 bits per heavy atom. The summed E-state index contributed by atoms with van der Waals surface area (Å²) in [6.07, 6.45) is 2.42. The number of para-hydroxylation sites is 1. The number of benzene rings is 4. The van der Waals surface area contributed by atoms with Crippen molar-refractivity contribution in [3.05, 3.63) is 113 Å². The molecule has 1 N–H and O–H groups in total. The van der Waals surface area contributed by atoms with Crippen molar-refractivity contribution in [3.63, 3.8) is 0 Å². The van der Waals surface area contributed by atoms with Crippen molar-refractivity contribution >= 4 is 23.0 Å². The lowest BCUT2D eigenvalue weighted by Crippen LogP contribution is -2.33. The van der Waals surface area contributed by atoms with Crippen molar-refractivity contribution in [1.29, 1.82) is 0 Å². The number of likely N-dealkylation sites (N-methyl/N-ethyl adjacent to an activating group) is 1. The van der Waals surface area contributed by atoms with Crippen LogP contribution >= 0.6 is 0 Å². The molecular weight excluding hydrogens is 488 g/mol. The molecule has 6 heteroatoms. The van der Waals surface area contributed by atoms with Crippen molar-refractivity contribution in [3.8, 4) is 11.5 Å². The van der Waals surface area contributed by atoms with E-state index in [-0.39, 0.29) is 12.1 Å². The van der Waals surface area contributed by atoms with Crippen LogP contribution in [-0.2, 0) is 15.1 Å². The number of anilines is 3. The maximum absolute atomic E-state index is 13.3. The molecule has 3 aliphatic rings. The Kier molecular flexibility index (Phi) is 5.60. The first-order chi connectivity index (χ1) is 19.0. The molecule has 0 amide bonds. The number of nitrogens with one attached hydrogen (secondary N) is 1. The van der Waals surface area contributed by atoms with E-state index in [9.17, 15) is 4.79 Å². The van der Waals surface area contributed by atoms with Crippen LogP contribution in [0.2, 0.25) is 0 Å². The molecule has 1 fully saturated rings. The van der Waals surface area contributed by atoms with Gasteiger partial charge in [0.05, 0.1) is 11.7 Å². The van der Waals surface area contributed by atoms with Crippen molar-refractivity contribution in [2.45, 2.75) is 31.5 Å². The molecular formula is C33H30N2O4. The lowest BCUT2D eigenvalue weighted by atomic mass is 9.77. The fraction of sp³-hybridized carbons (Fsp3) is 0.242. The van der Waals surface area contributed by atoms with Gasteiger partial charge in [-0.05, 0) is 67.8 Å². The molecule has 0 aromatic heterocycles. The second kappa shape index (κ2) is 9.17. The molecule has 39 heavy (non-hydrogen) atoms. The number of aryl methyl sites for hydroxylation is 1. The van der Waals surface area contributed by atoms with Crippen LogP contribution in [0, 0.1) is 6.92 Å². The molecule has 2 atom stereocenters. The molecule has 1 saturated heterocycles. The molecule has 3 heterocycles. The molecule has 0 bridgehead atoms. The van der Waals surface area contributed by atoms with Crippen LogP contribution in [-0.4, -0.2) is 32.3 Å². The third-order valence-corrected chi connectivity index (χ3v) is 8.04. The van der Waals surface area contributed by atoms with Crippen molar-refractivity contribution in [2.75, 3.05) is 30.4 Å². The van der Waals surface area contributed by atoms with Crippen molar-refractivity contribution in [2.24, 2.45) is 0 Å². The lowest BCUT2D eigenvalue weighted by molar-refractivity contribution is 0.0224. The van der Waals surface area contributed by atoms with E-state index in [1.165, 1.54) is 0 Å². The van der Waals surface area contributed by atoms with Gasteiger partial charge in [-0.1, -0.05) is 36.4 Å². The lowest BCUT2D eigenvalue weighted by Gasteiger charge is -2.37. The number of carbonyl (C=O) groups excluding carboxylic acids is 1. The Hall–Kier alpha value is -4.29. The second-order valence-electron chi connectivity index (χ2n) is 10.6. The summed E-state index contributed by atoms with van der Waals surface area (Å²) in [5, 5.41) is 3.53. The van der Waals surface area contributed by atoms with E-state index in [1.54, 1.807) is 0 Å². The number of rotatable bonds is 5. The van der Waals surface area contributed by atoms with E-state index in [0.717, 1.165) is 65.3 Å². The van der Waals surface area contributed by atoms with E-state index in [1.807, 2.05) is 66.7 Å². The average molecular weight is 519 g/mol. The van der Waals surface area contributed by atoms with Gasteiger partial charge >= 0.3 is 5.97 Å². The molecule has 7 rings (SSSR count). The molecule has 6 nitrogen and oxygen atoms in total. The number of ether oxygens (including phenoxy) is 3. The average Bonchev–Trinajstić information content (AvgIpc) is 3.57. The second-order valence-corrected chi connectivity index (χ2v) is 10.6. The Balaban J connectivity index is 1.37. The van der Waals surface area contributed by atoms with Crippen LogP contribution in [0.4, 0.5) is 17.1 Å². The molecule has 0 saturated carbocycles. The van der Waals surface area contributed by atoms with Crippen LogP contribution < -0.4 is 15.0 Å². The maximum Gasteiger partial charge on any atom is 0.340 e. The minimum absolute atomic E-state index is 0.236. The van der Waals surface area contributed by atoms with Crippen LogP contribution in [0.1, 0.15) is 45.5 Å². The zero-order valence-electron chi connectivity index (χ0n) is 22.1. The largest absolute Gasteiger partial charge is 0.456 e. The van der Waals surface area contributed by atoms with Crippen LogP contribution in [0.5, 0.6) is 11.5 Å². The molecule has 3 aliphatic heterocycles. The standard InChI is InChI=1S/C33H30N2O4/c1-21-17-30-28(19-29(21)34-22-9-4-3-5-10-22)33(26-13-7-6-12-25(26)32(36)39-33)27-15-14-23(18-31(27)38-30)35(2)20-24-11-8-16-37-24/h3-7,9-10,12-15,17-19,24,34H,8,11,16,20H2,1-2H3. The van der Waals surface area contributed by atoms with Gasteiger partial charge in [-0.15, -0.1) is 0 Å². The van der Waals surface area contributed by atoms with Crippen LogP contribution in [0.15, 0.2) is 84.9 Å². The predicted molar refractivity (Wildman–Crippen MR) is 151 cm³/mol. The minimum Gasteiger partial charge on any atom is -0.456 e. The summed E-state index contributed by atoms with van der Waals surface area (Å²) in [5.41, 5.74) is 5.89. The maximum atomic E-state index is 13.3. The Labute approximate surface area is 228 Å². The number of nitrogens with zero attached hydrogens (tertiary/aromatic N) is 1. The monoisotopic (exact) mass is 518 g/mol. The Morgan fingerprint density at radius 2 is 1.72 bits per heavy atom. The van der Waals surface area contributed by atoms with E-state index in [4.69, 9.17) is 14.2 Å². The van der Waals surface area contributed by atoms with E-state index < -0.39 is 5.60 Å². The molecule has 0 radical (unpaired) electrons. The highest BCUT2D eigenvalue weighted by Gasteiger charge is 2.53. The number of fused-ring (bicyclic) bond motifs is 6. The summed E-state index contributed by atoms with van der Waals surface area (Å²) in [6, 6.07) is 28.0. The van der Waals surface area contributed by atoms with Crippen molar-refractivity contribution in [1.82, 2.24) is 0 Å². The van der Waals surface area contributed by atoms with Crippen LogP contribution in [0.3, 0.4) is 0 Å². The van der Waals surface area contributed by atoms with Gasteiger partial charge in [0.15, 0.2) is 5.60 Å². The first-order valence-electron chi connectivity index (χ1n) is 13.5.